The molecule has 0 aliphatic carbocycles. The van der Waals surface area contributed by atoms with Crippen LogP contribution >= 0.6 is 0 Å². The van der Waals surface area contributed by atoms with Crippen molar-refractivity contribution in [1.82, 2.24) is 0 Å². The van der Waals surface area contributed by atoms with Crippen LogP contribution in [0.15, 0.2) is 28.9 Å². The number of rotatable bonds is 3. The predicted octanol–water partition coefficient (Wildman–Crippen LogP) is 2.70. The largest absolute Gasteiger partial charge is 0.268 e. The molecule has 0 amide bonds. The fourth-order valence-electron chi connectivity index (χ4n) is 0.872. The van der Waals surface area contributed by atoms with Crippen LogP contribution < -0.4 is 0 Å². The third-order valence-electron chi connectivity index (χ3n) is 1.46. The van der Waals surface area contributed by atoms with Crippen molar-refractivity contribution in [1.29, 1.82) is 0 Å². The summed E-state index contributed by atoms with van der Waals surface area (Å²) in [4.78, 5) is 4.01. The van der Waals surface area contributed by atoms with Crippen LogP contribution in [0, 0.1) is 0 Å². The number of unbranched alkanes of at least 4 members (excludes halogenated alkanes) is 1. The normalized spacial score (nSPS) is 16.7. The van der Waals surface area contributed by atoms with Crippen molar-refractivity contribution < 1.29 is 0 Å². The molecule has 0 unspecified atom stereocenters. The second kappa shape index (κ2) is 4.04. The molecule has 0 aromatic carbocycles. The molecular weight excluding hydrogens is 122 g/mol. The molecule has 54 valence electrons. The average Bonchev–Trinajstić information content (AvgIpc) is 2.41. The maximum absolute atomic E-state index is 4.01. The molecule has 0 bridgehead atoms. The van der Waals surface area contributed by atoms with Crippen LogP contribution in [0.2, 0.25) is 0 Å². The lowest BCUT2D eigenvalue weighted by molar-refractivity contribution is 0.957. The second-order valence-electron chi connectivity index (χ2n) is 2.43. The fraction of sp³-hybridized carbons (Fsp3) is 0.444. The maximum atomic E-state index is 4.01. The van der Waals surface area contributed by atoms with Gasteiger partial charge in [-0.3, -0.25) is 4.99 Å². The number of nitrogens with zero attached hydrogens (tertiary/aromatic N) is 1. The topological polar surface area (TPSA) is 12.4 Å². The molecule has 10 heavy (non-hydrogen) atoms. The third-order valence-corrected chi connectivity index (χ3v) is 1.46. The average molecular weight is 135 g/mol. The van der Waals surface area contributed by atoms with Crippen LogP contribution in [0.25, 0.3) is 0 Å². The first kappa shape index (κ1) is 7.26. The first-order chi connectivity index (χ1) is 4.93. The quantitative estimate of drug-likeness (QED) is 0.564. The van der Waals surface area contributed by atoms with Crippen LogP contribution in [-0.4, -0.2) is 6.21 Å². The summed E-state index contributed by atoms with van der Waals surface area (Å²) in [5.74, 6) is 0. The monoisotopic (exact) mass is 135 g/mol. The summed E-state index contributed by atoms with van der Waals surface area (Å²) in [5, 5.41) is 0. The van der Waals surface area contributed by atoms with E-state index < -0.39 is 0 Å². The van der Waals surface area contributed by atoms with E-state index in [1.54, 1.807) is 0 Å². The van der Waals surface area contributed by atoms with Gasteiger partial charge in [0.05, 0.1) is 0 Å². The van der Waals surface area contributed by atoms with E-state index in [1.165, 1.54) is 18.4 Å². The van der Waals surface area contributed by atoms with E-state index in [0.29, 0.717) is 0 Å². The summed E-state index contributed by atoms with van der Waals surface area (Å²) in [6, 6.07) is 0. The van der Waals surface area contributed by atoms with Gasteiger partial charge in [0.2, 0.25) is 0 Å². The Morgan fingerprint density at radius 1 is 1.70 bits per heavy atom. The highest BCUT2D eigenvalue weighted by molar-refractivity contribution is 5.66. The summed E-state index contributed by atoms with van der Waals surface area (Å²) < 4.78 is 0. The zero-order chi connectivity index (χ0) is 7.23. The van der Waals surface area contributed by atoms with Gasteiger partial charge in [-0.1, -0.05) is 25.5 Å². The van der Waals surface area contributed by atoms with Crippen LogP contribution in [-0.2, 0) is 0 Å². The van der Waals surface area contributed by atoms with Crippen LogP contribution in [0.5, 0.6) is 0 Å². The Hall–Kier alpha value is -0.850. The van der Waals surface area contributed by atoms with E-state index in [4.69, 9.17) is 0 Å². The molecule has 1 heteroatoms. The van der Waals surface area contributed by atoms with Crippen molar-refractivity contribution >= 4 is 6.21 Å². The van der Waals surface area contributed by atoms with Crippen molar-refractivity contribution in [3.05, 3.63) is 23.9 Å². The van der Waals surface area contributed by atoms with Crippen molar-refractivity contribution in [2.75, 3.05) is 0 Å². The van der Waals surface area contributed by atoms with Crippen LogP contribution in [0.1, 0.15) is 26.2 Å². The molecule has 1 aliphatic heterocycles. The maximum Gasteiger partial charge on any atom is 0.0299 e. The molecule has 0 aromatic heterocycles. The standard InChI is InChI=1S/C9H13N/c1-2-3-4-5-9-6-7-10-8-9/h4-5,7-8H,2-3,6H2,1H3/b5-4+. The lowest BCUT2D eigenvalue weighted by atomic mass is 10.2. The summed E-state index contributed by atoms with van der Waals surface area (Å²) >= 11 is 0. The second-order valence-corrected chi connectivity index (χ2v) is 2.43. The predicted molar refractivity (Wildman–Crippen MR) is 45.2 cm³/mol. The summed E-state index contributed by atoms with van der Waals surface area (Å²) in [6.07, 6.45) is 11.6. The lowest BCUT2D eigenvalue weighted by Crippen LogP contribution is -1.71. The van der Waals surface area contributed by atoms with Crippen molar-refractivity contribution in [2.24, 2.45) is 4.99 Å². The smallest absolute Gasteiger partial charge is 0.0299 e. The summed E-state index contributed by atoms with van der Waals surface area (Å²) in [5.41, 5.74) is 1.33. The third kappa shape index (κ3) is 2.18. The van der Waals surface area contributed by atoms with E-state index in [0.717, 1.165) is 6.42 Å². The SMILES string of the molecule is CCC/C=C/C1=CN=CC1. The van der Waals surface area contributed by atoms with Gasteiger partial charge in [-0.2, -0.15) is 0 Å². The molecule has 0 spiro atoms. The fourth-order valence-corrected chi connectivity index (χ4v) is 0.872. The summed E-state index contributed by atoms with van der Waals surface area (Å²) in [7, 11) is 0. The van der Waals surface area contributed by atoms with Gasteiger partial charge in [0.15, 0.2) is 0 Å². The van der Waals surface area contributed by atoms with E-state index in [2.05, 4.69) is 24.1 Å². The summed E-state index contributed by atoms with van der Waals surface area (Å²) in [6.45, 7) is 2.18. The first-order valence-corrected chi connectivity index (χ1v) is 3.80. The molecule has 0 aromatic rings. The zero-order valence-electron chi connectivity index (χ0n) is 6.38. The molecule has 1 rings (SSSR count). The van der Waals surface area contributed by atoms with Gasteiger partial charge in [-0.05, 0) is 12.0 Å². The molecule has 1 aliphatic rings. The molecular formula is C9H13N. The van der Waals surface area contributed by atoms with Crippen LogP contribution in [0.3, 0.4) is 0 Å². The van der Waals surface area contributed by atoms with Gasteiger partial charge in [-0.25, -0.2) is 0 Å². The van der Waals surface area contributed by atoms with Gasteiger partial charge >= 0.3 is 0 Å². The van der Waals surface area contributed by atoms with E-state index in [-0.39, 0.29) is 0 Å². The highest BCUT2D eigenvalue weighted by Gasteiger charge is 1.92. The zero-order valence-corrected chi connectivity index (χ0v) is 6.38. The van der Waals surface area contributed by atoms with E-state index >= 15 is 0 Å². The van der Waals surface area contributed by atoms with Gasteiger partial charge < -0.3 is 0 Å². The highest BCUT2D eigenvalue weighted by atomic mass is 14.7. The molecule has 0 radical (unpaired) electrons. The lowest BCUT2D eigenvalue weighted by Gasteiger charge is -1.87. The number of aliphatic imine (C=N–C) groups is 1. The van der Waals surface area contributed by atoms with E-state index in [9.17, 15) is 0 Å². The highest BCUT2D eigenvalue weighted by Crippen LogP contribution is 2.07. The minimum atomic E-state index is 1.01. The van der Waals surface area contributed by atoms with E-state index in [1.807, 2.05) is 12.4 Å². The molecule has 1 nitrogen and oxygen atoms in total. The number of allylic oxidation sites excluding steroid dienone is 3. The molecule has 0 fully saturated rings. The Morgan fingerprint density at radius 3 is 3.20 bits per heavy atom. The Bertz CT molecular complexity index is 175. The minimum Gasteiger partial charge on any atom is -0.268 e. The van der Waals surface area contributed by atoms with Crippen molar-refractivity contribution in [2.45, 2.75) is 26.2 Å². The molecule has 0 N–H and O–H groups in total. The Labute approximate surface area is 62.2 Å². The Kier molecular flexibility index (Phi) is 2.94. The molecule has 1 heterocycles. The first-order valence-electron chi connectivity index (χ1n) is 3.80. The van der Waals surface area contributed by atoms with Crippen LogP contribution in [0.4, 0.5) is 0 Å². The van der Waals surface area contributed by atoms with Gasteiger partial charge in [0.1, 0.15) is 0 Å². The Balaban J connectivity index is 2.25. The van der Waals surface area contributed by atoms with Gasteiger partial charge in [0, 0.05) is 18.8 Å². The number of hydrogen-bond donors (Lipinski definition) is 0. The van der Waals surface area contributed by atoms with Gasteiger partial charge in [0.25, 0.3) is 0 Å². The van der Waals surface area contributed by atoms with Crippen molar-refractivity contribution in [3.8, 4) is 0 Å². The number of hydrogen-bond acceptors (Lipinski definition) is 1. The van der Waals surface area contributed by atoms with Crippen molar-refractivity contribution in [3.63, 3.8) is 0 Å². The Morgan fingerprint density at radius 2 is 2.60 bits per heavy atom. The molecule has 0 saturated carbocycles. The molecule has 0 saturated heterocycles. The van der Waals surface area contributed by atoms with Gasteiger partial charge in [-0.15, -0.1) is 0 Å². The molecule has 0 atom stereocenters. The minimum absolute atomic E-state index is 1.01.